The minimum atomic E-state index is -0.240. The van der Waals surface area contributed by atoms with E-state index in [1.165, 1.54) is 30.7 Å². The first-order valence-electron chi connectivity index (χ1n) is 9.17. The van der Waals surface area contributed by atoms with Gasteiger partial charge in [-0.1, -0.05) is 0 Å². The Morgan fingerprint density at radius 3 is 2.85 bits per heavy atom. The molecular formula is C19H27FIN5S. The number of benzene rings is 1. The van der Waals surface area contributed by atoms with E-state index >= 15 is 0 Å². The molecule has 1 fully saturated rings. The molecule has 1 atom stereocenters. The highest BCUT2D eigenvalue weighted by Crippen LogP contribution is 2.16. The molecule has 2 N–H and O–H groups in total. The third kappa shape index (κ3) is 6.99. The van der Waals surface area contributed by atoms with E-state index in [1.54, 1.807) is 16.8 Å². The zero-order valence-electron chi connectivity index (χ0n) is 15.5. The van der Waals surface area contributed by atoms with Gasteiger partial charge in [-0.25, -0.2) is 9.07 Å². The summed E-state index contributed by atoms with van der Waals surface area (Å²) in [6.07, 6.45) is 5.14. The molecule has 5 nitrogen and oxygen atoms in total. The normalized spacial score (nSPS) is 17.3. The van der Waals surface area contributed by atoms with Crippen LogP contribution in [0.2, 0.25) is 0 Å². The summed E-state index contributed by atoms with van der Waals surface area (Å²) in [5.74, 6) is 3.06. The number of nitrogens with zero attached hydrogens (tertiary/aromatic N) is 3. The fourth-order valence-corrected chi connectivity index (χ4v) is 3.95. The Morgan fingerprint density at radius 2 is 2.15 bits per heavy atom. The number of hydrogen-bond donors (Lipinski definition) is 2. The zero-order valence-corrected chi connectivity index (χ0v) is 18.7. The Labute approximate surface area is 181 Å². The average molecular weight is 503 g/mol. The molecule has 0 radical (unpaired) electrons. The van der Waals surface area contributed by atoms with Gasteiger partial charge < -0.3 is 10.6 Å². The number of aliphatic imine (C=N–C) groups is 1. The van der Waals surface area contributed by atoms with Crippen LogP contribution in [0.1, 0.15) is 25.5 Å². The summed E-state index contributed by atoms with van der Waals surface area (Å²) in [5.41, 5.74) is 1.83. The molecule has 1 saturated heterocycles. The maximum atomic E-state index is 13.0. The smallest absolute Gasteiger partial charge is 0.191 e. The first-order chi connectivity index (χ1) is 12.7. The van der Waals surface area contributed by atoms with Crippen LogP contribution in [-0.2, 0) is 6.42 Å². The SMILES string of the molecule is CCNC(=NCCc1ccn(-c2ccc(F)cc2)n1)NC1CCCSC1.I. The second kappa shape index (κ2) is 11.5. The van der Waals surface area contributed by atoms with E-state index in [0.29, 0.717) is 12.6 Å². The quantitative estimate of drug-likeness (QED) is 0.359. The Balaban J connectivity index is 0.00000261. The van der Waals surface area contributed by atoms with Crippen molar-refractivity contribution in [2.75, 3.05) is 24.6 Å². The number of guanidine groups is 1. The van der Waals surface area contributed by atoms with Crippen LogP contribution in [0.15, 0.2) is 41.5 Å². The van der Waals surface area contributed by atoms with E-state index in [-0.39, 0.29) is 29.8 Å². The van der Waals surface area contributed by atoms with Gasteiger partial charge in [0.1, 0.15) is 5.82 Å². The molecule has 0 saturated carbocycles. The molecule has 2 heterocycles. The molecule has 8 heteroatoms. The van der Waals surface area contributed by atoms with E-state index in [2.05, 4.69) is 27.6 Å². The molecule has 148 valence electrons. The van der Waals surface area contributed by atoms with Crippen molar-refractivity contribution in [1.29, 1.82) is 0 Å². The number of nitrogens with one attached hydrogen (secondary N) is 2. The van der Waals surface area contributed by atoms with Crippen molar-refractivity contribution in [3.8, 4) is 5.69 Å². The van der Waals surface area contributed by atoms with Crippen LogP contribution in [0.4, 0.5) is 4.39 Å². The number of aromatic nitrogens is 2. The van der Waals surface area contributed by atoms with Gasteiger partial charge in [0.25, 0.3) is 0 Å². The summed E-state index contributed by atoms with van der Waals surface area (Å²) in [6.45, 7) is 3.61. The number of hydrogen-bond acceptors (Lipinski definition) is 3. The van der Waals surface area contributed by atoms with Crippen LogP contribution < -0.4 is 10.6 Å². The third-order valence-corrected chi connectivity index (χ3v) is 5.43. The van der Waals surface area contributed by atoms with E-state index in [4.69, 9.17) is 0 Å². The minimum Gasteiger partial charge on any atom is -0.357 e. The number of halogens is 2. The van der Waals surface area contributed by atoms with Crippen molar-refractivity contribution in [1.82, 2.24) is 20.4 Å². The Bertz CT molecular complexity index is 713. The lowest BCUT2D eigenvalue weighted by Crippen LogP contribution is -2.45. The Hall–Kier alpha value is -1.29. The van der Waals surface area contributed by atoms with Crippen LogP contribution in [0.5, 0.6) is 0 Å². The van der Waals surface area contributed by atoms with Crippen LogP contribution in [0, 0.1) is 5.82 Å². The van der Waals surface area contributed by atoms with Crippen molar-refractivity contribution in [2.45, 2.75) is 32.2 Å². The molecule has 0 aliphatic carbocycles. The van der Waals surface area contributed by atoms with Crippen molar-refractivity contribution < 1.29 is 4.39 Å². The number of rotatable bonds is 6. The highest BCUT2D eigenvalue weighted by molar-refractivity contribution is 14.0. The van der Waals surface area contributed by atoms with Gasteiger partial charge in [-0.15, -0.1) is 24.0 Å². The number of thioether (sulfide) groups is 1. The van der Waals surface area contributed by atoms with Gasteiger partial charge in [-0.3, -0.25) is 4.99 Å². The van der Waals surface area contributed by atoms with Crippen LogP contribution in [0.3, 0.4) is 0 Å². The molecular weight excluding hydrogens is 476 g/mol. The summed E-state index contributed by atoms with van der Waals surface area (Å²) in [6, 6.07) is 8.82. The van der Waals surface area contributed by atoms with Gasteiger partial charge >= 0.3 is 0 Å². The Morgan fingerprint density at radius 1 is 1.33 bits per heavy atom. The maximum absolute atomic E-state index is 13.0. The lowest BCUT2D eigenvalue weighted by molar-refractivity contribution is 0.582. The van der Waals surface area contributed by atoms with Crippen LogP contribution in [-0.4, -0.2) is 46.4 Å². The predicted octanol–water partition coefficient (Wildman–Crippen LogP) is 3.62. The molecule has 27 heavy (non-hydrogen) atoms. The summed E-state index contributed by atoms with van der Waals surface area (Å²) in [5, 5.41) is 11.4. The first kappa shape index (κ1) is 22.0. The van der Waals surface area contributed by atoms with Crippen molar-refractivity contribution in [3.05, 3.63) is 48.0 Å². The van der Waals surface area contributed by atoms with Crippen molar-refractivity contribution in [3.63, 3.8) is 0 Å². The molecule has 0 bridgehead atoms. The van der Waals surface area contributed by atoms with Gasteiger partial charge in [0.05, 0.1) is 11.4 Å². The van der Waals surface area contributed by atoms with Crippen molar-refractivity contribution in [2.24, 2.45) is 4.99 Å². The second-order valence-electron chi connectivity index (χ2n) is 6.30. The molecule has 1 aliphatic heterocycles. The standard InChI is InChI=1S/C19H26FN5S.HI/c1-2-21-19(23-17-4-3-13-26-14-17)22-11-9-16-10-12-25(24-16)18-7-5-15(20)6-8-18;/h5-8,10,12,17H,2-4,9,11,13-14H2,1H3,(H2,21,22,23);1H. The molecule has 3 rings (SSSR count). The van der Waals surface area contributed by atoms with E-state index in [0.717, 1.165) is 36.1 Å². The fourth-order valence-electron chi connectivity index (χ4n) is 2.88. The van der Waals surface area contributed by atoms with E-state index in [9.17, 15) is 4.39 Å². The van der Waals surface area contributed by atoms with Crippen LogP contribution in [0.25, 0.3) is 5.69 Å². The highest BCUT2D eigenvalue weighted by atomic mass is 127. The van der Waals surface area contributed by atoms with Crippen LogP contribution >= 0.6 is 35.7 Å². The maximum Gasteiger partial charge on any atom is 0.191 e. The van der Waals surface area contributed by atoms with Gasteiger partial charge in [0.2, 0.25) is 0 Å². The Kier molecular flexibility index (Phi) is 9.40. The monoisotopic (exact) mass is 503 g/mol. The third-order valence-electron chi connectivity index (χ3n) is 4.22. The second-order valence-corrected chi connectivity index (χ2v) is 7.45. The van der Waals surface area contributed by atoms with Gasteiger partial charge in [0.15, 0.2) is 5.96 Å². The molecule has 1 aliphatic rings. The summed E-state index contributed by atoms with van der Waals surface area (Å²) >= 11 is 2.00. The lowest BCUT2D eigenvalue weighted by atomic mass is 10.2. The highest BCUT2D eigenvalue weighted by Gasteiger charge is 2.14. The largest absolute Gasteiger partial charge is 0.357 e. The average Bonchev–Trinajstić information content (AvgIpc) is 3.12. The van der Waals surface area contributed by atoms with Gasteiger partial charge in [0, 0.05) is 37.5 Å². The zero-order chi connectivity index (χ0) is 18.2. The summed E-state index contributed by atoms with van der Waals surface area (Å²) in [4.78, 5) is 4.68. The van der Waals surface area contributed by atoms with Gasteiger partial charge in [-0.2, -0.15) is 16.9 Å². The summed E-state index contributed by atoms with van der Waals surface area (Å²) in [7, 11) is 0. The van der Waals surface area contributed by atoms with Gasteiger partial charge in [-0.05, 0) is 55.9 Å². The van der Waals surface area contributed by atoms with E-state index < -0.39 is 0 Å². The molecule has 1 unspecified atom stereocenters. The topological polar surface area (TPSA) is 54.2 Å². The molecule has 0 spiro atoms. The molecule has 0 amide bonds. The molecule has 1 aromatic carbocycles. The minimum absolute atomic E-state index is 0. The fraction of sp³-hybridized carbons (Fsp3) is 0.474. The van der Waals surface area contributed by atoms with Crippen molar-refractivity contribution >= 4 is 41.7 Å². The summed E-state index contributed by atoms with van der Waals surface area (Å²) < 4.78 is 14.8. The first-order valence-corrected chi connectivity index (χ1v) is 10.3. The molecule has 1 aromatic heterocycles. The molecule has 2 aromatic rings. The van der Waals surface area contributed by atoms with E-state index in [1.807, 2.05) is 24.0 Å². The predicted molar refractivity (Wildman–Crippen MR) is 122 cm³/mol. The lowest BCUT2D eigenvalue weighted by Gasteiger charge is -2.24.